The van der Waals surface area contributed by atoms with Crippen LogP contribution in [0.1, 0.15) is 46.5 Å². The molecule has 0 radical (unpaired) electrons. The number of ether oxygens (including phenoxy) is 1. The van der Waals surface area contributed by atoms with E-state index in [1.54, 1.807) is 0 Å². The zero-order valence-electron chi connectivity index (χ0n) is 13.1. The Morgan fingerprint density at radius 1 is 1.30 bits per heavy atom. The number of likely N-dealkylation sites (tertiary alicyclic amines) is 1. The van der Waals surface area contributed by atoms with E-state index in [-0.39, 0.29) is 12.1 Å². The summed E-state index contributed by atoms with van der Waals surface area (Å²) in [7, 11) is 0. The predicted octanol–water partition coefficient (Wildman–Crippen LogP) is 1.81. The van der Waals surface area contributed by atoms with Crippen LogP contribution in [0.15, 0.2) is 0 Å². The topological polar surface area (TPSA) is 58.8 Å². The number of hydrogen-bond donors (Lipinski definition) is 1. The molecule has 1 heterocycles. The Balaban J connectivity index is 1.99. The third kappa shape index (κ3) is 4.35. The molecule has 2 aliphatic rings. The Morgan fingerprint density at radius 2 is 2.00 bits per heavy atom. The van der Waals surface area contributed by atoms with Crippen LogP contribution in [0.4, 0.5) is 4.79 Å². The van der Waals surface area contributed by atoms with Gasteiger partial charge in [0, 0.05) is 31.7 Å². The van der Waals surface area contributed by atoms with Gasteiger partial charge in [-0.3, -0.25) is 0 Å². The number of nitrogens with two attached hydrogens (primary N) is 1. The Labute approximate surface area is 122 Å². The fraction of sp³-hybridized carbons (Fsp3) is 0.933. The van der Waals surface area contributed by atoms with Gasteiger partial charge in [0.2, 0.25) is 0 Å². The molecule has 2 rings (SSSR count). The molecule has 2 N–H and O–H groups in total. The standard InChI is InChI=1S/C15H29N3O2/c1-15(2,3)20-14(19)18(12-6-7-12)13-5-4-9-17(11-13)10-8-16/h12-13H,4-11,16H2,1-3H3/t13-/m1/s1. The third-order valence-electron chi connectivity index (χ3n) is 3.86. The van der Waals surface area contributed by atoms with Gasteiger partial charge in [-0.05, 0) is 53.0 Å². The second-order valence-electron chi connectivity index (χ2n) is 7.00. The van der Waals surface area contributed by atoms with Crippen LogP contribution in [-0.4, -0.2) is 59.8 Å². The second kappa shape index (κ2) is 6.31. The number of rotatable bonds is 4. The quantitative estimate of drug-likeness (QED) is 0.855. The van der Waals surface area contributed by atoms with E-state index in [1.165, 1.54) is 0 Å². The molecular weight excluding hydrogens is 254 g/mol. The normalized spacial score (nSPS) is 24.5. The van der Waals surface area contributed by atoms with Gasteiger partial charge in [-0.1, -0.05) is 0 Å². The third-order valence-corrected chi connectivity index (χ3v) is 3.86. The van der Waals surface area contributed by atoms with E-state index in [2.05, 4.69) is 4.90 Å². The summed E-state index contributed by atoms with van der Waals surface area (Å²) in [6, 6.07) is 0.685. The molecule has 0 bridgehead atoms. The maximum Gasteiger partial charge on any atom is 0.410 e. The van der Waals surface area contributed by atoms with Gasteiger partial charge in [-0.2, -0.15) is 0 Å². The maximum atomic E-state index is 12.5. The first-order valence-corrected chi connectivity index (χ1v) is 7.84. The summed E-state index contributed by atoms with van der Waals surface area (Å²) in [5.41, 5.74) is 5.23. The molecule has 1 aliphatic carbocycles. The minimum atomic E-state index is -0.421. The summed E-state index contributed by atoms with van der Waals surface area (Å²) in [5.74, 6) is 0. The fourth-order valence-electron chi connectivity index (χ4n) is 2.91. The molecule has 0 aromatic heterocycles. The van der Waals surface area contributed by atoms with E-state index in [0.29, 0.717) is 12.6 Å². The van der Waals surface area contributed by atoms with Gasteiger partial charge in [-0.25, -0.2) is 4.79 Å². The van der Waals surface area contributed by atoms with Crippen LogP contribution in [0, 0.1) is 0 Å². The monoisotopic (exact) mass is 283 g/mol. The highest BCUT2D eigenvalue weighted by molar-refractivity contribution is 5.69. The van der Waals surface area contributed by atoms with Gasteiger partial charge in [0.05, 0.1) is 0 Å². The molecule has 5 heteroatoms. The zero-order chi connectivity index (χ0) is 14.8. The Bertz CT molecular complexity index is 335. The fourth-order valence-corrected chi connectivity index (χ4v) is 2.91. The lowest BCUT2D eigenvalue weighted by molar-refractivity contribution is 0.00408. The minimum absolute atomic E-state index is 0.139. The van der Waals surface area contributed by atoms with Crippen molar-refractivity contribution in [2.24, 2.45) is 5.73 Å². The summed E-state index contributed by atoms with van der Waals surface area (Å²) >= 11 is 0. The molecule has 116 valence electrons. The van der Waals surface area contributed by atoms with Gasteiger partial charge in [0.25, 0.3) is 0 Å². The maximum absolute atomic E-state index is 12.5. The van der Waals surface area contributed by atoms with Crippen molar-refractivity contribution in [1.82, 2.24) is 9.80 Å². The van der Waals surface area contributed by atoms with Gasteiger partial charge in [0.1, 0.15) is 5.60 Å². The molecule has 1 aliphatic heterocycles. The summed E-state index contributed by atoms with van der Waals surface area (Å²) in [4.78, 5) is 16.8. The Kier molecular flexibility index (Phi) is 4.91. The van der Waals surface area contributed by atoms with Gasteiger partial charge in [-0.15, -0.1) is 0 Å². The van der Waals surface area contributed by atoms with Crippen molar-refractivity contribution in [3.8, 4) is 0 Å². The number of piperidine rings is 1. The molecule has 1 saturated carbocycles. The van der Waals surface area contributed by atoms with E-state index in [1.807, 2.05) is 25.7 Å². The predicted molar refractivity (Wildman–Crippen MR) is 79.6 cm³/mol. The average molecular weight is 283 g/mol. The second-order valence-corrected chi connectivity index (χ2v) is 7.00. The highest BCUT2D eigenvalue weighted by Crippen LogP contribution is 2.32. The number of amides is 1. The average Bonchev–Trinajstić information content (AvgIpc) is 3.12. The van der Waals surface area contributed by atoms with Crippen molar-refractivity contribution < 1.29 is 9.53 Å². The van der Waals surface area contributed by atoms with Crippen LogP contribution in [0.3, 0.4) is 0 Å². The van der Waals surface area contributed by atoms with Crippen LogP contribution in [0.25, 0.3) is 0 Å². The van der Waals surface area contributed by atoms with Gasteiger partial charge in [0.15, 0.2) is 0 Å². The summed E-state index contributed by atoms with van der Waals surface area (Å²) in [6.45, 7) is 9.42. The highest BCUT2D eigenvalue weighted by Gasteiger charge is 2.40. The van der Waals surface area contributed by atoms with Gasteiger partial charge < -0.3 is 20.3 Å². The smallest absolute Gasteiger partial charge is 0.410 e. The lowest BCUT2D eigenvalue weighted by Gasteiger charge is -2.40. The summed E-state index contributed by atoms with van der Waals surface area (Å²) < 4.78 is 5.59. The first-order valence-electron chi connectivity index (χ1n) is 7.84. The van der Waals surface area contributed by atoms with E-state index in [4.69, 9.17) is 10.5 Å². The molecular formula is C15H29N3O2. The van der Waals surface area contributed by atoms with Crippen molar-refractivity contribution >= 4 is 6.09 Å². The molecule has 0 unspecified atom stereocenters. The first-order chi connectivity index (χ1) is 9.40. The van der Waals surface area contributed by atoms with Crippen molar-refractivity contribution in [3.05, 3.63) is 0 Å². The summed E-state index contributed by atoms with van der Waals surface area (Å²) in [5, 5.41) is 0. The van der Waals surface area contributed by atoms with Crippen LogP contribution >= 0.6 is 0 Å². The van der Waals surface area contributed by atoms with Crippen molar-refractivity contribution in [2.45, 2.75) is 64.1 Å². The molecule has 2 fully saturated rings. The van der Waals surface area contributed by atoms with E-state index >= 15 is 0 Å². The number of nitrogens with zero attached hydrogens (tertiary/aromatic N) is 2. The van der Waals surface area contributed by atoms with Crippen LogP contribution in [0.2, 0.25) is 0 Å². The molecule has 1 amide bonds. The number of carbonyl (C=O) groups excluding carboxylic acids is 1. The van der Waals surface area contributed by atoms with Gasteiger partial charge >= 0.3 is 6.09 Å². The largest absolute Gasteiger partial charge is 0.444 e. The molecule has 1 atom stereocenters. The number of hydrogen-bond acceptors (Lipinski definition) is 4. The lowest BCUT2D eigenvalue weighted by atomic mass is 10.0. The molecule has 0 aromatic carbocycles. The molecule has 0 spiro atoms. The Morgan fingerprint density at radius 3 is 2.55 bits per heavy atom. The van der Waals surface area contributed by atoms with Crippen LogP contribution in [-0.2, 0) is 4.74 Å². The Hall–Kier alpha value is -0.810. The molecule has 0 aromatic rings. The minimum Gasteiger partial charge on any atom is -0.444 e. The molecule has 1 saturated heterocycles. The lowest BCUT2D eigenvalue weighted by Crippen LogP contribution is -2.52. The van der Waals surface area contributed by atoms with Crippen molar-refractivity contribution in [2.75, 3.05) is 26.2 Å². The zero-order valence-corrected chi connectivity index (χ0v) is 13.1. The molecule has 20 heavy (non-hydrogen) atoms. The summed E-state index contributed by atoms with van der Waals surface area (Å²) in [6.07, 6.45) is 4.31. The van der Waals surface area contributed by atoms with E-state index in [9.17, 15) is 4.79 Å². The van der Waals surface area contributed by atoms with Crippen molar-refractivity contribution in [1.29, 1.82) is 0 Å². The molecule has 5 nitrogen and oxygen atoms in total. The van der Waals surface area contributed by atoms with E-state index < -0.39 is 5.60 Å². The SMILES string of the molecule is CC(C)(C)OC(=O)N(C1CC1)[C@@H]1CCCN(CCN)C1. The van der Waals surface area contributed by atoms with Crippen molar-refractivity contribution in [3.63, 3.8) is 0 Å². The highest BCUT2D eigenvalue weighted by atomic mass is 16.6. The van der Waals surface area contributed by atoms with Crippen LogP contribution < -0.4 is 5.73 Å². The first kappa shape index (κ1) is 15.6. The van der Waals surface area contributed by atoms with E-state index in [0.717, 1.165) is 45.3 Å². The number of carbonyl (C=O) groups is 1. The van der Waals surface area contributed by atoms with Crippen LogP contribution in [0.5, 0.6) is 0 Å².